The van der Waals surface area contributed by atoms with Crippen molar-refractivity contribution in [1.82, 2.24) is 0 Å². The number of hydrogen-bond donors (Lipinski definition) is 0. The van der Waals surface area contributed by atoms with Gasteiger partial charge in [0.25, 0.3) is 0 Å². The van der Waals surface area contributed by atoms with E-state index in [0.29, 0.717) is 16.4 Å². The minimum atomic E-state index is -1.87. The molecule has 0 saturated carbocycles. The summed E-state index contributed by atoms with van der Waals surface area (Å²) in [5.74, 6) is 0. The van der Waals surface area contributed by atoms with Gasteiger partial charge in [0.15, 0.2) is 0 Å². The average molecular weight is 594 g/mol. The number of benzene rings is 7. The van der Waals surface area contributed by atoms with E-state index < -0.39 is 121 Å². The Morgan fingerprint density at radius 2 is 1.22 bits per heavy atom. The van der Waals surface area contributed by atoms with Gasteiger partial charge in [-0.2, -0.15) is 0 Å². The van der Waals surface area contributed by atoms with E-state index in [-0.39, 0.29) is 66.1 Å². The molecule has 1 aliphatic rings. The minimum Gasteiger partial charge on any atom is -0.456 e. The fourth-order valence-corrected chi connectivity index (χ4v) is 6.09. The molecule has 0 radical (unpaired) electrons. The Labute approximate surface area is 289 Å². The summed E-state index contributed by atoms with van der Waals surface area (Å²) in [5, 5.41) is 0.0122. The SMILES string of the molecule is [2H]C1=C([2H])C([2H])C([2H])C(c2c3cc([2H])c([2H])c([2H])c3c(-c3cc4c(cc3-c3cc([2H])c([2H])c([2H])c3[2H])oc3ccccc34)c3c([2H])c([2H])c([2H])c([2H])c23)=C1c1cc([2H])c([2H])c([2H])c1[2H]. The molecule has 8 aromatic rings. The molecule has 0 N–H and O–H groups in total. The maximum absolute atomic E-state index is 9.58. The van der Waals surface area contributed by atoms with Crippen LogP contribution in [0.2, 0.25) is 0 Å². The molecule has 0 fully saturated rings. The highest BCUT2D eigenvalue weighted by Crippen LogP contribution is 2.48. The molecule has 45 heavy (non-hydrogen) atoms. The van der Waals surface area contributed by atoms with Gasteiger partial charge in [0, 0.05) is 13.5 Å². The van der Waals surface area contributed by atoms with Crippen molar-refractivity contribution < 1.29 is 30.5 Å². The van der Waals surface area contributed by atoms with Crippen molar-refractivity contribution in [2.75, 3.05) is 0 Å². The Balaban J connectivity index is 1.62. The molecule has 1 heteroatoms. The van der Waals surface area contributed by atoms with Gasteiger partial charge >= 0.3 is 0 Å². The third-order valence-corrected chi connectivity index (χ3v) is 7.96. The standard InChI is InChI=1S/C44H30O/c1-3-15-29(16-4-1)31-19-7-8-21-33(31)43-34-22-9-11-24-36(34)44(37-25-12-10-23-35(37)43)40-27-39-32-20-13-14-26-41(32)45-42(39)28-38(40)30-17-5-2-6-18-30/h1-7,9-20,22-28H,8,21H2/i1D,2D,3D,4D,5D,6D,7D,8D,9D,10D,11D,12D,15D,17D,19D,21D,22D,24D,25D. The molecule has 9 rings (SSSR count). The highest BCUT2D eigenvalue weighted by atomic mass is 16.3. The molecule has 2 unspecified atom stereocenters. The number of hydrogen-bond acceptors (Lipinski definition) is 1. The van der Waals surface area contributed by atoms with E-state index >= 15 is 0 Å². The lowest BCUT2D eigenvalue weighted by Crippen LogP contribution is -1.99. The van der Waals surface area contributed by atoms with E-state index in [1.165, 1.54) is 12.1 Å². The average Bonchev–Trinajstić information content (AvgIpc) is 3.64. The zero-order valence-corrected chi connectivity index (χ0v) is 23.3. The second kappa shape index (κ2) is 10.5. The largest absolute Gasteiger partial charge is 0.456 e. The highest BCUT2D eigenvalue weighted by Gasteiger charge is 2.23. The van der Waals surface area contributed by atoms with Crippen molar-refractivity contribution in [2.24, 2.45) is 0 Å². The van der Waals surface area contributed by atoms with Gasteiger partial charge < -0.3 is 4.42 Å². The Hall–Kier alpha value is -5.66. The Kier molecular flexibility index (Phi) is 3.07. The van der Waals surface area contributed by atoms with E-state index in [4.69, 9.17) is 23.6 Å². The lowest BCUT2D eigenvalue weighted by molar-refractivity contribution is 0.669. The molecule has 2 atom stereocenters. The first kappa shape index (κ1) is 13.1. The van der Waals surface area contributed by atoms with E-state index in [0.717, 1.165) is 12.1 Å². The normalized spacial score (nSPS) is 23.1. The number of para-hydroxylation sites is 1. The summed E-state index contributed by atoms with van der Waals surface area (Å²) in [5.41, 5.74) is -0.765. The molecule has 0 bridgehead atoms. The van der Waals surface area contributed by atoms with Crippen molar-refractivity contribution in [3.05, 3.63) is 168 Å². The monoisotopic (exact) mass is 593 g/mol. The lowest BCUT2D eigenvalue weighted by atomic mass is 9.80. The molecule has 0 spiro atoms. The molecular formula is C44H30O. The predicted molar refractivity (Wildman–Crippen MR) is 191 cm³/mol. The summed E-state index contributed by atoms with van der Waals surface area (Å²) in [6.07, 6.45) is -3.67. The molecular weight excluding hydrogens is 544 g/mol. The molecule has 0 aliphatic heterocycles. The Bertz CT molecular complexity index is 3510. The van der Waals surface area contributed by atoms with Crippen LogP contribution in [0.5, 0.6) is 0 Å². The van der Waals surface area contributed by atoms with Crippen LogP contribution in [-0.2, 0) is 0 Å². The molecule has 1 heterocycles. The first-order valence-electron chi connectivity index (χ1n) is 23.7. The second-order valence-electron chi connectivity index (χ2n) is 10.4. The third kappa shape index (κ3) is 4.16. The number of furan rings is 1. The number of allylic oxidation sites excluding steroid dienone is 4. The predicted octanol–water partition coefficient (Wildman–Crippen LogP) is 12.5. The van der Waals surface area contributed by atoms with Crippen molar-refractivity contribution in [2.45, 2.75) is 12.8 Å². The van der Waals surface area contributed by atoms with Crippen LogP contribution < -0.4 is 0 Å². The van der Waals surface area contributed by atoms with Crippen LogP contribution in [0.3, 0.4) is 0 Å². The molecule has 0 saturated heterocycles. The van der Waals surface area contributed by atoms with Gasteiger partial charge in [-0.05, 0) is 97.1 Å². The van der Waals surface area contributed by atoms with Gasteiger partial charge in [0.05, 0.1) is 23.3 Å². The van der Waals surface area contributed by atoms with Crippen molar-refractivity contribution in [1.29, 1.82) is 0 Å². The minimum absolute atomic E-state index is 0.0602. The van der Waals surface area contributed by atoms with Crippen LogP contribution in [0.4, 0.5) is 0 Å². The smallest absolute Gasteiger partial charge is 0.136 e. The van der Waals surface area contributed by atoms with E-state index in [1.54, 1.807) is 30.3 Å². The fraction of sp³-hybridized carbons (Fsp3) is 0.0455. The Morgan fingerprint density at radius 1 is 0.533 bits per heavy atom. The number of rotatable bonds is 4. The van der Waals surface area contributed by atoms with Gasteiger partial charge in [0.2, 0.25) is 0 Å². The van der Waals surface area contributed by atoms with Gasteiger partial charge in [0.1, 0.15) is 11.2 Å². The summed E-state index contributed by atoms with van der Waals surface area (Å²) in [4.78, 5) is 0. The zero-order valence-electron chi connectivity index (χ0n) is 42.3. The molecule has 1 nitrogen and oxygen atoms in total. The molecule has 1 aliphatic carbocycles. The van der Waals surface area contributed by atoms with E-state index in [9.17, 15) is 6.85 Å². The maximum Gasteiger partial charge on any atom is 0.136 e. The highest BCUT2D eigenvalue weighted by molar-refractivity contribution is 6.23. The van der Waals surface area contributed by atoms with Crippen molar-refractivity contribution in [3.8, 4) is 22.3 Å². The van der Waals surface area contributed by atoms with Crippen molar-refractivity contribution in [3.63, 3.8) is 0 Å². The summed E-state index contributed by atoms with van der Waals surface area (Å²) in [7, 11) is 0. The van der Waals surface area contributed by atoms with Crippen LogP contribution in [0.1, 0.15) is 50.0 Å². The summed E-state index contributed by atoms with van der Waals surface area (Å²) in [6.45, 7) is 0. The summed E-state index contributed by atoms with van der Waals surface area (Å²) < 4.78 is 176. The third-order valence-electron chi connectivity index (χ3n) is 7.96. The number of fused-ring (bicyclic) bond motifs is 5. The lowest BCUT2D eigenvalue weighted by Gasteiger charge is -2.23. The van der Waals surface area contributed by atoms with E-state index in [2.05, 4.69) is 0 Å². The summed E-state index contributed by atoms with van der Waals surface area (Å²) >= 11 is 0. The van der Waals surface area contributed by atoms with Gasteiger partial charge in [-0.3, -0.25) is 0 Å². The van der Waals surface area contributed by atoms with Crippen LogP contribution >= 0.6 is 0 Å². The first-order chi connectivity index (χ1) is 30.2. The molecule has 212 valence electrons. The fourth-order valence-electron chi connectivity index (χ4n) is 6.09. The second-order valence-corrected chi connectivity index (χ2v) is 10.4. The van der Waals surface area contributed by atoms with Crippen LogP contribution in [0.25, 0.3) is 76.9 Å². The summed E-state index contributed by atoms with van der Waals surface area (Å²) in [6, 6.07) is 2.83. The van der Waals surface area contributed by atoms with Gasteiger partial charge in [-0.1, -0.05) is 139 Å². The topological polar surface area (TPSA) is 13.1 Å². The molecule has 0 amide bonds. The van der Waals surface area contributed by atoms with Crippen molar-refractivity contribution >= 4 is 54.6 Å². The Morgan fingerprint density at radius 3 is 2.09 bits per heavy atom. The molecule has 1 aromatic heterocycles. The van der Waals surface area contributed by atoms with Crippen LogP contribution in [-0.4, -0.2) is 0 Å². The van der Waals surface area contributed by atoms with Crippen LogP contribution in [0.15, 0.2) is 162 Å². The van der Waals surface area contributed by atoms with Gasteiger partial charge in [-0.25, -0.2) is 0 Å². The van der Waals surface area contributed by atoms with Gasteiger partial charge in [-0.15, -0.1) is 0 Å². The molecule has 7 aromatic carbocycles. The zero-order chi connectivity index (χ0) is 46.3. The van der Waals surface area contributed by atoms with E-state index in [1.807, 2.05) is 0 Å². The van der Waals surface area contributed by atoms with Crippen LogP contribution in [0, 0.1) is 0 Å². The maximum atomic E-state index is 9.58. The first-order valence-corrected chi connectivity index (χ1v) is 14.0. The quantitative estimate of drug-likeness (QED) is 0.185.